The minimum Gasteiger partial charge on any atom is -0.444 e. The van der Waals surface area contributed by atoms with E-state index in [0.29, 0.717) is 26.1 Å². The van der Waals surface area contributed by atoms with Crippen LogP contribution in [0.4, 0.5) is 4.79 Å². The molecular weight excluding hydrogens is 296 g/mol. The Bertz CT molecular complexity index is 520. The summed E-state index contributed by atoms with van der Waals surface area (Å²) in [6.07, 6.45) is 1.64. The molecule has 0 aromatic carbocycles. The van der Waals surface area contributed by atoms with Gasteiger partial charge in [-0.3, -0.25) is 14.7 Å². The largest absolute Gasteiger partial charge is 0.444 e. The number of methoxy groups -OCH3 is 1. The number of amides is 1. The lowest BCUT2D eigenvalue weighted by Crippen LogP contribution is -2.38. The van der Waals surface area contributed by atoms with Gasteiger partial charge in [-0.15, -0.1) is 0 Å². The third-order valence-corrected chi connectivity index (χ3v) is 2.91. The molecule has 0 radical (unpaired) electrons. The molecule has 0 saturated carbocycles. The number of carbonyl (C=O) groups is 2. The van der Waals surface area contributed by atoms with Crippen molar-refractivity contribution in [3.8, 4) is 0 Å². The molecule has 128 valence electrons. The van der Waals surface area contributed by atoms with Crippen molar-refractivity contribution in [2.75, 3.05) is 20.3 Å². The second-order valence-electron chi connectivity index (χ2n) is 6.43. The van der Waals surface area contributed by atoms with Crippen LogP contribution >= 0.6 is 0 Å². The molecule has 0 unspecified atom stereocenters. The van der Waals surface area contributed by atoms with Crippen molar-refractivity contribution in [1.29, 1.82) is 0 Å². The Morgan fingerprint density at radius 2 is 1.96 bits per heavy atom. The predicted octanol–water partition coefficient (Wildman–Crippen LogP) is 2.60. The minimum absolute atomic E-state index is 0.0926. The first-order valence-corrected chi connectivity index (χ1v) is 7.61. The Kier molecular flexibility index (Phi) is 7.16. The number of ether oxygens (including phenoxy) is 2. The number of ketones is 1. The molecule has 1 heterocycles. The topological polar surface area (TPSA) is 68.7 Å². The third kappa shape index (κ3) is 7.74. The zero-order valence-electron chi connectivity index (χ0n) is 14.6. The molecule has 1 amide bonds. The van der Waals surface area contributed by atoms with E-state index in [0.717, 1.165) is 11.3 Å². The molecular formula is C17H26N2O4. The van der Waals surface area contributed by atoms with E-state index in [-0.39, 0.29) is 5.78 Å². The van der Waals surface area contributed by atoms with Gasteiger partial charge in [0.25, 0.3) is 0 Å². The highest BCUT2D eigenvalue weighted by Gasteiger charge is 2.22. The first kappa shape index (κ1) is 19.1. The van der Waals surface area contributed by atoms with Crippen molar-refractivity contribution in [2.24, 2.45) is 0 Å². The summed E-state index contributed by atoms with van der Waals surface area (Å²) in [6, 6.07) is 3.68. The molecule has 0 aliphatic carbocycles. The van der Waals surface area contributed by atoms with E-state index in [1.54, 1.807) is 25.1 Å². The van der Waals surface area contributed by atoms with Crippen LogP contribution in [0.3, 0.4) is 0 Å². The quantitative estimate of drug-likeness (QED) is 0.772. The molecule has 0 saturated heterocycles. The van der Waals surface area contributed by atoms with Gasteiger partial charge in [-0.2, -0.15) is 0 Å². The zero-order valence-corrected chi connectivity index (χ0v) is 14.6. The normalized spacial score (nSPS) is 11.2. The highest BCUT2D eigenvalue weighted by molar-refractivity contribution is 5.78. The summed E-state index contributed by atoms with van der Waals surface area (Å²) in [6.45, 7) is 8.20. The number of carbonyl (C=O) groups excluding carboxylic acids is 2. The van der Waals surface area contributed by atoms with E-state index in [1.165, 1.54) is 0 Å². The Labute approximate surface area is 137 Å². The van der Waals surface area contributed by atoms with Crippen LogP contribution in [-0.2, 0) is 27.2 Å². The van der Waals surface area contributed by atoms with Crippen LogP contribution in [0.1, 0.15) is 39.0 Å². The molecule has 0 atom stereocenters. The number of pyridine rings is 1. The summed E-state index contributed by atoms with van der Waals surface area (Å²) in [5.74, 6) is 0.0926. The van der Waals surface area contributed by atoms with E-state index in [1.807, 2.05) is 32.9 Å². The number of aromatic nitrogens is 1. The Balaban J connectivity index is 2.76. The molecule has 1 aromatic heterocycles. The summed E-state index contributed by atoms with van der Waals surface area (Å²) in [4.78, 5) is 29.2. The van der Waals surface area contributed by atoms with Crippen molar-refractivity contribution in [2.45, 2.75) is 46.3 Å². The monoisotopic (exact) mass is 322 g/mol. The van der Waals surface area contributed by atoms with E-state index in [2.05, 4.69) is 4.98 Å². The van der Waals surface area contributed by atoms with E-state index in [4.69, 9.17) is 9.47 Å². The van der Waals surface area contributed by atoms with E-state index < -0.39 is 11.7 Å². The Morgan fingerprint density at radius 1 is 1.26 bits per heavy atom. The van der Waals surface area contributed by atoms with Gasteiger partial charge in [-0.05, 0) is 39.3 Å². The zero-order chi connectivity index (χ0) is 17.5. The summed E-state index contributed by atoms with van der Waals surface area (Å²) in [5.41, 5.74) is 1.04. The van der Waals surface area contributed by atoms with Crippen molar-refractivity contribution in [1.82, 2.24) is 9.88 Å². The van der Waals surface area contributed by atoms with Gasteiger partial charge in [-0.25, -0.2) is 4.79 Å². The lowest BCUT2D eigenvalue weighted by atomic mass is 10.1. The number of hydrogen-bond donors (Lipinski definition) is 0. The highest BCUT2D eigenvalue weighted by Crippen LogP contribution is 2.12. The molecule has 1 rings (SSSR count). The number of nitrogens with zero attached hydrogens (tertiary/aromatic N) is 2. The van der Waals surface area contributed by atoms with Crippen molar-refractivity contribution < 1.29 is 19.1 Å². The lowest BCUT2D eigenvalue weighted by Gasteiger charge is -2.27. The molecule has 6 heteroatoms. The maximum absolute atomic E-state index is 12.3. The standard InChI is InChI=1S/C17H26N2O4/c1-13(20)10-14-6-7-15(18-11-14)12-19(8-9-22-5)16(21)23-17(2,3)4/h6-7,11H,8-10,12H2,1-5H3. The van der Waals surface area contributed by atoms with Crippen molar-refractivity contribution >= 4 is 11.9 Å². The molecule has 0 aliphatic rings. The fourth-order valence-electron chi connectivity index (χ4n) is 1.90. The van der Waals surface area contributed by atoms with E-state index >= 15 is 0 Å². The molecule has 0 fully saturated rings. The molecule has 0 bridgehead atoms. The second-order valence-corrected chi connectivity index (χ2v) is 6.43. The van der Waals surface area contributed by atoms with Crippen LogP contribution in [0.2, 0.25) is 0 Å². The summed E-state index contributed by atoms with van der Waals surface area (Å²) < 4.78 is 10.5. The van der Waals surface area contributed by atoms with Crippen molar-refractivity contribution in [3.05, 3.63) is 29.6 Å². The number of rotatable bonds is 7. The van der Waals surface area contributed by atoms with Crippen LogP contribution < -0.4 is 0 Å². The van der Waals surface area contributed by atoms with E-state index in [9.17, 15) is 9.59 Å². The average molecular weight is 322 g/mol. The molecule has 6 nitrogen and oxygen atoms in total. The smallest absolute Gasteiger partial charge is 0.410 e. The number of Topliss-reactive ketones (excluding diaryl/α,β-unsaturated/α-hetero) is 1. The van der Waals surface area contributed by atoms with Crippen molar-refractivity contribution in [3.63, 3.8) is 0 Å². The van der Waals surface area contributed by atoms with Crippen LogP contribution in [-0.4, -0.2) is 47.6 Å². The van der Waals surface area contributed by atoms with Gasteiger partial charge < -0.3 is 9.47 Å². The average Bonchev–Trinajstić information content (AvgIpc) is 2.42. The molecule has 0 spiro atoms. The fourth-order valence-corrected chi connectivity index (χ4v) is 1.90. The number of hydrogen-bond acceptors (Lipinski definition) is 5. The van der Waals surface area contributed by atoms with Gasteiger partial charge in [0, 0.05) is 26.3 Å². The van der Waals surface area contributed by atoms with Gasteiger partial charge >= 0.3 is 6.09 Å². The van der Waals surface area contributed by atoms with Gasteiger partial charge in [0.15, 0.2) is 0 Å². The van der Waals surface area contributed by atoms with Crippen LogP contribution in [0.15, 0.2) is 18.3 Å². The van der Waals surface area contributed by atoms with Crippen LogP contribution in [0.25, 0.3) is 0 Å². The van der Waals surface area contributed by atoms with Gasteiger partial charge in [-0.1, -0.05) is 6.07 Å². The maximum Gasteiger partial charge on any atom is 0.410 e. The lowest BCUT2D eigenvalue weighted by molar-refractivity contribution is -0.116. The first-order valence-electron chi connectivity index (χ1n) is 7.61. The molecule has 1 aromatic rings. The molecule has 0 aliphatic heterocycles. The Morgan fingerprint density at radius 3 is 2.43 bits per heavy atom. The fraction of sp³-hybridized carbons (Fsp3) is 0.588. The van der Waals surface area contributed by atoms with Crippen LogP contribution in [0, 0.1) is 0 Å². The molecule has 23 heavy (non-hydrogen) atoms. The minimum atomic E-state index is -0.554. The van der Waals surface area contributed by atoms with Gasteiger partial charge in [0.2, 0.25) is 0 Å². The SMILES string of the molecule is COCCN(Cc1ccc(CC(C)=O)cn1)C(=O)OC(C)(C)C. The highest BCUT2D eigenvalue weighted by atomic mass is 16.6. The first-order chi connectivity index (χ1) is 10.7. The maximum atomic E-state index is 12.3. The predicted molar refractivity (Wildman–Crippen MR) is 87.1 cm³/mol. The van der Waals surface area contributed by atoms with Gasteiger partial charge in [0.1, 0.15) is 11.4 Å². The summed E-state index contributed by atoms with van der Waals surface area (Å²) in [7, 11) is 1.59. The summed E-state index contributed by atoms with van der Waals surface area (Å²) >= 11 is 0. The molecule has 0 N–H and O–H groups in total. The Hall–Kier alpha value is -1.95. The van der Waals surface area contributed by atoms with Crippen LogP contribution in [0.5, 0.6) is 0 Å². The second kappa shape index (κ2) is 8.62. The third-order valence-electron chi connectivity index (χ3n) is 2.91. The van der Waals surface area contributed by atoms with Gasteiger partial charge in [0.05, 0.1) is 18.8 Å². The summed E-state index contributed by atoms with van der Waals surface area (Å²) in [5, 5.41) is 0.